The molecule has 6 nitrogen and oxygen atoms in total. The van der Waals surface area contributed by atoms with Crippen molar-refractivity contribution in [3.05, 3.63) is 97.4 Å². The highest BCUT2D eigenvalue weighted by atomic mass is 79.9. The van der Waals surface area contributed by atoms with Crippen molar-refractivity contribution in [1.82, 2.24) is 5.32 Å². The van der Waals surface area contributed by atoms with Gasteiger partial charge in [0.05, 0.1) is 5.69 Å². The summed E-state index contributed by atoms with van der Waals surface area (Å²) in [5.41, 5.74) is 1.48. The Labute approximate surface area is 211 Å². The Morgan fingerprint density at radius 3 is 2.21 bits per heavy atom. The van der Waals surface area contributed by atoms with Gasteiger partial charge in [0.2, 0.25) is 0 Å². The largest absolute Gasteiger partial charge is 0.488 e. The quantitative estimate of drug-likeness (QED) is 0.288. The predicted molar refractivity (Wildman–Crippen MR) is 133 cm³/mol. The number of imide groups is 2. The second-order valence-electron chi connectivity index (χ2n) is 7.03. The Balaban J connectivity index is 1.66. The van der Waals surface area contributed by atoms with Crippen LogP contribution in [0.5, 0.6) is 5.75 Å². The number of barbiturate groups is 1. The fraction of sp³-hybridized carbons (Fsp3) is 0.0417. The van der Waals surface area contributed by atoms with Gasteiger partial charge in [-0.3, -0.25) is 14.9 Å². The van der Waals surface area contributed by atoms with Gasteiger partial charge in [0, 0.05) is 19.5 Å². The molecule has 33 heavy (non-hydrogen) atoms. The molecule has 0 radical (unpaired) electrons. The molecule has 3 aromatic rings. The van der Waals surface area contributed by atoms with E-state index in [1.165, 1.54) is 6.08 Å². The van der Waals surface area contributed by atoms with E-state index in [0.29, 0.717) is 22.0 Å². The Morgan fingerprint density at radius 1 is 0.909 bits per heavy atom. The molecular weight excluding hydrogens is 576 g/mol. The van der Waals surface area contributed by atoms with Crippen LogP contribution in [0.3, 0.4) is 0 Å². The monoisotopic (exact) mass is 588 g/mol. The molecule has 1 fully saturated rings. The zero-order valence-electron chi connectivity index (χ0n) is 16.8. The number of halogens is 3. The summed E-state index contributed by atoms with van der Waals surface area (Å²) in [7, 11) is 0. The van der Waals surface area contributed by atoms with Gasteiger partial charge in [-0.2, -0.15) is 0 Å². The molecule has 1 heterocycles. The molecule has 0 aromatic heterocycles. The molecule has 0 atom stereocenters. The van der Waals surface area contributed by atoms with Crippen LogP contribution in [-0.4, -0.2) is 17.8 Å². The number of carbonyl (C=O) groups excluding carboxylic acids is 3. The lowest BCUT2D eigenvalue weighted by Gasteiger charge is -2.26. The maximum atomic E-state index is 13.1. The summed E-state index contributed by atoms with van der Waals surface area (Å²) in [5.74, 6) is -1.11. The van der Waals surface area contributed by atoms with Crippen LogP contribution in [0.4, 0.5) is 10.5 Å². The average Bonchev–Trinajstić information content (AvgIpc) is 2.78. The molecule has 4 rings (SSSR count). The first kappa shape index (κ1) is 23.2. The smallest absolute Gasteiger partial charge is 0.335 e. The number of rotatable bonds is 5. The Kier molecular flexibility index (Phi) is 6.97. The van der Waals surface area contributed by atoms with Crippen molar-refractivity contribution < 1.29 is 19.1 Å². The van der Waals surface area contributed by atoms with E-state index in [1.54, 1.807) is 42.5 Å². The van der Waals surface area contributed by atoms with E-state index in [1.807, 2.05) is 24.3 Å². The van der Waals surface area contributed by atoms with Crippen LogP contribution >= 0.6 is 43.5 Å². The molecule has 0 bridgehead atoms. The number of carbonyl (C=O) groups is 3. The minimum atomic E-state index is -0.817. The summed E-state index contributed by atoms with van der Waals surface area (Å²) in [5, 5.41) is 2.61. The topological polar surface area (TPSA) is 75.7 Å². The number of hydrogen-bond acceptors (Lipinski definition) is 4. The average molecular weight is 591 g/mol. The van der Waals surface area contributed by atoms with Crippen molar-refractivity contribution in [2.45, 2.75) is 6.61 Å². The van der Waals surface area contributed by atoms with Gasteiger partial charge in [0.25, 0.3) is 11.8 Å². The van der Waals surface area contributed by atoms with E-state index in [0.717, 1.165) is 19.4 Å². The van der Waals surface area contributed by atoms with Crippen molar-refractivity contribution in [2.24, 2.45) is 0 Å². The van der Waals surface area contributed by atoms with Crippen molar-refractivity contribution in [2.75, 3.05) is 4.90 Å². The Morgan fingerprint density at radius 2 is 1.55 bits per heavy atom. The minimum absolute atomic E-state index is 0.215. The highest BCUT2D eigenvalue weighted by Gasteiger charge is 2.37. The highest BCUT2D eigenvalue weighted by molar-refractivity contribution is 9.10. The van der Waals surface area contributed by atoms with Gasteiger partial charge in [-0.15, -0.1) is 0 Å². The van der Waals surface area contributed by atoms with Crippen LogP contribution in [0.15, 0.2) is 81.2 Å². The van der Waals surface area contributed by atoms with E-state index in [9.17, 15) is 14.4 Å². The molecule has 3 aromatic carbocycles. The van der Waals surface area contributed by atoms with E-state index < -0.39 is 17.8 Å². The maximum Gasteiger partial charge on any atom is 0.335 e. The van der Waals surface area contributed by atoms with Crippen LogP contribution in [-0.2, 0) is 16.2 Å². The third kappa shape index (κ3) is 5.35. The zero-order valence-corrected chi connectivity index (χ0v) is 20.8. The van der Waals surface area contributed by atoms with Gasteiger partial charge < -0.3 is 4.74 Å². The fourth-order valence-electron chi connectivity index (χ4n) is 3.14. The number of nitrogens with zero attached hydrogens (tertiary/aromatic N) is 1. The van der Waals surface area contributed by atoms with E-state index in [-0.39, 0.29) is 12.2 Å². The van der Waals surface area contributed by atoms with Crippen LogP contribution in [0.2, 0.25) is 5.02 Å². The van der Waals surface area contributed by atoms with Gasteiger partial charge >= 0.3 is 6.03 Å². The second kappa shape index (κ2) is 9.91. The van der Waals surface area contributed by atoms with Gasteiger partial charge in [-0.25, -0.2) is 9.69 Å². The molecule has 1 aliphatic rings. The van der Waals surface area contributed by atoms with Crippen LogP contribution in [0.1, 0.15) is 11.1 Å². The van der Waals surface area contributed by atoms with Crippen molar-refractivity contribution in [1.29, 1.82) is 0 Å². The highest BCUT2D eigenvalue weighted by Crippen LogP contribution is 2.29. The molecule has 1 saturated heterocycles. The van der Waals surface area contributed by atoms with Crippen LogP contribution < -0.4 is 15.0 Å². The lowest BCUT2D eigenvalue weighted by atomic mass is 10.1. The number of hydrogen-bond donors (Lipinski definition) is 1. The molecule has 4 amide bonds. The first-order valence-electron chi connectivity index (χ1n) is 9.65. The number of nitrogens with one attached hydrogen (secondary N) is 1. The molecule has 0 aliphatic carbocycles. The first-order chi connectivity index (χ1) is 15.8. The number of benzene rings is 3. The molecule has 1 aliphatic heterocycles. The third-order valence-corrected chi connectivity index (χ3v) is 6.06. The van der Waals surface area contributed by atoms with Crippen molar-refractivity contribution >= 4 is 73.1 Å². The Bertz CT molecular complexity index is 1270. The predicted octanol–water partition coefficient (Wildman–Crippen LogP) is 6.11. The minimum Gasteiger partial charge on any atom is -0.488 e. The summed E-state index contributed by atoms with van der Waals surface area (Å²) in [6.07, 6.45) is 1.37. The third-order valence-electron chi connectivity index (χ3n) is 4.77. The Hall–Kier alpha value is -2.94. The number of urea groups is 1. The van der Waals surface area contributed by atoms with Gasteiger partial charge in [0.15, 0.2) is 0 Å². The second-order valence-corrected chi connectivity index (χ2v) is 9.30. The number of amides is 4. The van der Waals surface area contributed by atoms with E-state index >= 15 is 0 Å². The van der Waals surface area contributed by atoms with Gasteiger partial charge in [0.1, 0.15) is 17.9 Å². The summed E-state index contributed by atoms with van der Waals surface area (Å²) >= 11 is 12.9. The van der Waals surface area contributed by atoms with Crippen LogP contribution in [0, 0.1) is 0 Å². The molecule has 9 heteroatoms. The van der Waals surface area contributed by atoms with Crippen molar-refractivity contribution in [3.8, 4) is 5.75 Å². The van der Waals surface area contributed by atoms with Crippen LogP contribution in [0.25, 0.3) is 6.08 Å². The van der Waals surface area contributed by atoms with E-state index in [2.05, 4.69) is 37.2 Å². The standard InChI is InChI=1S/C24H15Br2ClN2O4/c25-16-3-1-14(2-4-16)13-33-21-10-7-18(27)11-15(21)12-20-22(30)28-24(32)29(23(20)31)19-8-5-17(26)6-9-19/h1-12H,13H2,(H,28,30,32)/b20-12+. The molecular formula is C24H15Br2ClN2O4. The summed E-state index contributed by atoms with van der Waals surface area (Å²) < 4.78 is 7.67. The normalized spacial score (nSPS) is 15.1. The summed E-state index contributed by atoms with van der Waals surface area (Å²) in [6, 6.07) is 18.3. The first-order valence-corrected chi connectivity index (χ1v) is 11.6. The van der Waals surface area contributed by atoms with E-state index in [4.69, 9.17) is 16.3 Å². The molecule has 0 unspecified atom stereocenters. The molecule has 0 saturated carbocycles. The van der Waals surface area contributed by atoms with Gasteiger partial charge in [-0.05, 0) is 66.2 Å². The summed E-state index contributed by atoms with van der Waals surface area (Å²) in [4.78, 5) is 39.0. The zero-order chi connectivity index (χ0) is 23.5. The SMILES string of the molecule is O=C1NC(=O)N(c2ccc(Br)cc2)C(=O)/C1=C/c1cc(Cl)ccc1OCc1ccc(Br)cc1. The molecule has 0 spiro atoms. The molecule has 1 N–H and O–H groups in total. The summed E-state index contributed by atoms with van der Waals surface area (Å²) in [6.45, 7) is 0.273. The maximum absolute atomic E-state index is 13.1. The lowest BCUT2D eigenvalue weighted by Crippen LogP contribution is -2.54. The number of ether oxygens (including phenoxy) is 1. The van der Waals surface area contributed by atoms with Gasteiger partial charge in [-0.1, -0.05) is 55.6 Å². The molecule has 166 valence electrons. The lowest BCUT2D eigenvalue weighted by molar-refractivity contribution is -0.122. The fourth-order valence-corrected chi connectivity index (χ4v) is 3.85. The van der Waals surface area contributed by atoms with Crippen molar-refractivity contribution in [3.63, 3.8) is 0 Å². The number of anilines is 1.